The fourth-order valence-electron chi connectivity index (χ4n) is 5.75. The Kier molecular flexibility index (Phi) is 10.1. The molecular formula is C34H47N3O4. The highest BCUT2D eigenvalue weighted by Crippen LogP contribution is 2.41. The number of aryl methyl sites for hydroxylation is 1. The molecule has 2 saturated carbocycles. The molecule has 0 aliphatic heterocycles. The Labute approximate surface area is 245 Å². The number of alkyl carbamates (subject to hydrolysis) is 1. The molecule has 0 spiro atoms. The average molecular weight is 562 g/mol. The maximum absolute atomic E-state index is 14.6. The van der Waals surface area contributed by atoms with Crippen LogP contribution >= 0.6 is 0 Å². The van der Waals surface area contributed by atoms with Gasteiger partial charge in [-0.2, -0.15) is 0 Å². The van der Waals surface area contributed by atoms with E-state index >= 15 is 0 Å². The van der Waals surface area contributed by atoms with Gasteiger partial charge in [0.15, 0.2) is 0 Å². The molecule has 4 rings (SSSR count). The van der Waals surface area contributed by atoms with Crippen LogP contribution in [0.15, 0.2) is 54.6 Å². The molecule has 2 fully saturated rings. The lowest BCUT2D eigenvalue weighted by molar-refractivity contribution is -0.143. The van der Waals surface area contributed by atoms with Crippen LogP contribution in [0.3, 0.4) is 0 Å². The number of hydrogen-bond donors (Lipinski definition) is 2. The van der Waals surface area contributed by atoms with Crippen LogP contribution < -0.4 is 10.6 Å². The van der Waals surface area contributed by atoms with E-state index in [0.29, 0.717) is 6.42 Å². The highest BCUT2D eigenvalue weighted by molar-refractivity contribution is 5.93. The van der Waals surface area contributed by atoms with E-state index in [1.807, 2.05) is 54.6 Å². The summed E-state index contributed by atoms with van der Waals surface area (Å²) in [6.07, 6.45) is 6.65. The van der Waals surface area contributed by atoms with Crippen LogP contribution in [0, 0.1) is 5.92 Å². The van der Waals surface area contributed by atoms with E-state index in [9.17, 15) is 14.4 Å². The van der Waals surface area contributed by atoms with Gasteiger partial charge in [-0.05, 0) is 69.1 Å². The smallest absolute Gasteiger partial charge is 0.408 e. The molecule has 0 heterocycles. The molecule has 0 radical (unpaired) electrons. The first kappa shape index (κ1) is 30.6. The minimum absolute atomic E-state index is 0.0887. The van der Waals surface area contributed by atoms with Crippen molar-refractivity contribution in [1.82, 2.24) is 15.5 Å². The number of ether oxygens (including phenoxy) is 1. The van der Waals surface area contributed by atoms with Gasteiger partial charge in [0.2, 0.25) is 11.8 Å². The van der Waals surface area contributed by atoms with E-state index in [-0.39, 0.29) is 29.8 Å². The van der Waals surface area contributed by atoms with Gasteiger partial charge in [0.25, 0.3) is 0 Å². The Hall–Kier alpha value is -3.35. The Morgan fingerprint density at radius 1 is 0.951 bits per heavy atom. The molecule has 7 nitrogen and oxygen atoms in total. The number of carbonyl (C=O) groups is 3. The van der Waals surface area contributed by atoms with Crippen molar-refractivity contribution in [3.05, 3.63) is 71.3 Å². The maximum atomic E-state index is 14.6. The highest BCUT2D eigenvalue weighted by Gasteiger charge is 2.48. The van der Waals surface area contributed by atoms with E-state index in [1.165, 1.54) is 12.0 Å². The summed E-state index contributed by atoms with van der Waals surface area (Å²) in [6.45, 7) is 9.59. The molecule has 2 aromatic rings. The molecule has 4 atom stereocenters. The van der Waals surface area contributed by atoms with Gasteiger partial charge in [0.1, 0.15) is 17.7 Å². The second kappa shape index (κ2) is 13.5. The number of hydrogen-bond acceptors (Lipinski definition) is 4. The number of nitrogens with one attached hydrogen (secondary N) is 2. The largest absolute Gasteiger partial charge is 0.444 e. The fraction of sp³-hybridized carbons (Fsp3) is 0.559. The topological polar surface area (TPSA) is 87.7 Å². The van der Waals surface area contributed by atoms with Crippen molar-refractivity contribution in [3.63, 3.8) is 0 Å². The first-order valence-electron chi connectivity index (χ1n) is 15.3. The number of amides is 3. The molecule has 0 saturated heterocycles. The summed E-state index contributed by atoms with van der Waals surface area (Å²) in [6, 6.07) is 16.0. The van der Waals surface area contributed by atoms with Crippen LogP contribution in [-0.2, 0) is 27.2 Å². The fourth-order valence-corrected chi connectivity index (χ4v) is 5.75. The van der Waals surface area contributed by atoms with E-state index in [0.717, 1.165) is 49.7 Å². The predicted molar refractivity (Wildman–Crippen MR) is 161 cm³/mol. The van der Waals surface area contributed by atoms with Gasteiger partial charge in [0.05, 0.1) is 0 Å². The SMILES string of the molecule is CCc1ccc(C(C(=O)NC2CCCCC2)N(C(=O)C(Cc2ccccc2)NC(=O)OC(C)(C)C)C2CC2C)cc1. The Balaban J connectivity index is 1.70. The molecule has 2 aliphatic rings. The zero-order valence-corrected chi connectivity index (χ0v) is 25.3. The van der Waals surface area contributed by atoms with Gasteiger partial charge in [-0.1, -0.05) is 87.7 Å². The molecule has 0 aromatic heterocycles. The van der Waals surface area contributed by atoms with E-state index in [2.05, 4.69) is 24.5 Å². The minimum Gasteiger partial charge on any atom is -0.444 e. The third-order valence-corrected chi connectivity index (χ3v) is 8.13. The second-order valence-electron chi connectivity index (χ2n) is 12.8. The molecule has 3 amide bonds. The highest BCUT2D eigenvalue weighted by atomic mass is 16.6. The molecule has 2 aliphatic carbocycles. The van der Waals surface area contributed by atoms with Crippen molar-refractivity contribution in [2.75, 3.05) is 0 Å². The summed E-state index contributed by atoms with van der Waals surface area (Å²) in [5.41, 5.74) is 2.17. The van der Waals surface area contributed by atoms with Gasteiger partial charge >= 0.3 is 6.09 Å². The number of nitrogens with zero attached hydrogens (tertiary/aromatic N) is 1. The van der Waals surface area contributed by atoms with Crippen LogP contribution in [0.5, 0.6) is 0 Å². The lowest BCUT2D eigenvalue weighted by Crippen LogP contribution is -2.55. The first-order valence-corrected chi connectivity index (χ1v) is 15.3. The van der Waals surface area contributed by atoms with Crippen LogP contribution in [0.2, 0.25) is 0 Å². The normalized spacial score (nSPS) is 20.4. The van der Waals surface area contributed by atoms with Crippen molar-refractivity contribution < 1.29 is 19.1 Å². The summed E-state index contributed by atoms with van der Waals surface area (Å²) in [4.78, 5) is 43.4. The molecule has 4 unspecified atom stereocenters. The minimum atomic E-state index is -0.889. The Morgan fingerprint density at radius 2 is 1.59 bits per heavy atom. The zero-order chi connectivity index (χ0) is 29.6. The quantitative estimate of drug-likeness (QED) is 0.366. The Morgan fingerprint density at radius 3 is 2.15 bits per heavy atom. The number of benzene rings is 2. The summed E-state index contributed by atoms with van der Waals surface area (Å²) >= 11 is 0. The molecular weight excluding hydrogens is 514 g/mol. The summed E-state index contributed by atoms with van der Waals surface area (Å²) in [5, 5.41) is 6.16. The lowest BCUT2D eigenvalue weighted by atomic mass is 9.94. The van der Waals surface area contributed by atoms with Crippen LogP contribution in [0.25, 0.3) is 0 Å². The standard InChI is InChI=1S/C34H47N3O4/c1-6-24-17-19-26(20-18-24)30(31(38)35-27-15-11-8-12-16-27)37(29-21-23(29)2)32(39)28(22-25-13-9-7-10-14-25)36-33(40)41-34(3,4)5/h7,9-10,13-14,17-20,23,27-30H,6,8,11-12,15-16,21-22H2,1-5H3,(H,35,38)(H,36,40). The summed E-state index contributed by atoms with van der Waals surface area (Å²) < 4.78 is 5.55. The Bertz CT molecular complexity index is 1170. The van der Waals surface area contributed by atoms with Crippen LogP contribution in [0.1, 0.15) is 95.9 Å². The molecule has 0 bridgehead atoms. The van der Waals surface area contributed by atoms with Gasteiger partial charge < -0.3 is 20.3 Å². The molecule has 2 aromatic carbocycles. The van der Waals surface area contributed by atoms with Crippen molar-refractivity contribution in [2.45, 2.75) is 116 Å². The third-order valence-electron chi connectivity index (χ3n) is 8.13. The van der Waals surface area contributed by atoms with Crippen molar-refractivity contribution in [1.29, 1.82) is 0 Å². The van der Waals surface area contributed by atoms with Crippen LogP contribution in [-0.4, -0.2) is 46.5 Å². The molecule has 2 N–H and O–H groups in total. The summed E-state index contributed by atoms with van der Waals surface area (Å²) in [7, 11) is 0. The van der Waals surface area contributed by atoms with Crippen LogP contribution in [0.4, 0.5) is 4.79 Å². The first-order chi connectivity index (χ1) is 19.6. The number of rotatable bonds is 10. The number of carbonyl (C=O) groups excluding carboxylic acids is 3. The van der Waals surface area contributed by atoms with E-state index < -0.39 is 23.8 Å². The predicted octanol–water partition coefficient (Wildman–Crippen LogP) is 6.11. The monoisotopic (exact) mass is 561 g/mol. The van der Waals surface area contributed by atoms with E-state index in [4.69, 9.17) is 4.74 Å². The van der Waals surface area contributed by atoms with Gasteiger partial charge in [-0.3, -0.25) is 9.59 Å². The van der Waals surface area contributed by atoms with Gasteiger partial charge in [-0.25, -0.2) is 4.79 Å². The van der Waals surface area contributed by atoms with Gasteiger partial charge in [0, 0.05) is 18.5 Å². The lowest BCUT2D eigenvalue weighted by Gasteiger charge is -2.36. The molecule has 41 heavy (non-hydrogen) atoms. The zero-order valence-electron chi connectivity index (χ0n) is 25.3. The van der Waals surface area contributed by atoms with Crippen molar-refractivity contribution in [2.24, 2.45) is 5.92 Å². The average Bonchev–Trinajstić information content (AvgIpc) is 3.66. The maximum Gasteiger partial charge on any atom is 0.408 e. The summed E-state index contributed by atoms with van der Waals surface area (Å²) in [5.74, 6) is -0.153. The van der Waals surface area contributed by atoms with Crippen molar-refractivity contribution in [3.8, 4) is 0 Å². The van der Waals surface area contributed by atoms with Crippen molar-refractivity contribution >= 4 is 17.9 Å². The molecule has 7 heteroatoms. The van der Waals surface area contributed by atoms with Gasteiger partial charge in [-0.15, -0.1) is 0 Å². The molecule has 222 valence electrons. The second-order valence-corrected chi connectivity index (χ2v) is 12.8. The third kappa shape index (κ3) is 8.57. The van der Waals surface area contributed by atoms with E-state index in [1.54, 1.807) is 25.7 Å².